The van der Waals surface area contributed by atoms with Crippen molar-refractivity contribution in [2.45, 2.75) is 25.4 Å². The van der Waals surface area contributed by atoms with E-state index in [1.165, 1.54) is 5.56 Å². The van der Waals surface area contributed by atoms with Crippen molar-refractivity contribution in [3.8, 4) is 11.5 Å². The molecule has 0 spiro atoms. The molecule has 2 aliphatic heterocycles. The lowest BCUT2D eigenvalue weighted by molar-refractivity contribution is 0.171. The summed E-state index contributed by atoms with van der Waals surface area (Å²) in [6, 6.07) is 6.19. The van der Waals surface area contributed by atoms with Crippen molar-refractivity contribution in [2.24, 2.45) is 0 Å². The number of ether oxygens (including phenoxy) is 2. The summed E-state index contributed by atoms with van der Waals surface area (Å²) in [4.78, 5) is 0. The maximum absolute atomic E-state index is 5.57. The number of hydrazine groups is 3. The summed E-state index contributed by atoms with van der Waals surface area (Å²) in [7, 11) is 0. The number of rotatable bonds is 4. The topological polar surface area (TPSA) is 66.6 Å². The first-order valence-corrected chi connectivity index (χ1v) is 6.31. The van der Waals surface area contributed by atoms with Gasteiger partial charge in [-0.1, -0.05) is 6.07 Å². The van der Waals surface area contributed by atoms with E-state index < -0.39 is 0 Å². The van der Waals surface area contributed by atoms with Crippen molar-refractivity contribution in [3.63, 3.8) is 0 Å². The Morgan fingerprint density at radius 2 is 1.83 bits per heavy atom. The smallest absolute Gasteiger partial charge is 0.161 e. The first-order valence-electron chi connectivity index (χ1n) is 6.31. The molecule has 18 heavy (non-hydrogen) atoms. The monoisotopic (exact) mass is 250 g/mol. The van der Waals surface area contributed by atoms with E-state index in [0.29, 0.717) is 13.2 Å². The molecule has 1 aromatic carbocycles. The van der Waals surface area contributed by atoms with Gasteiger partial charge in [0.1, 0.15) is 13.2 Å². The Balaban J connectivity index is 1.52. The molecule has 98 valence electrons. The van der Waals surface area contributed by atoms with E-state index in [2.05, 4.69) is 34.1 Å². The molecule has 0 atom stereocenters. The first kappa shape index (κ1) is 11.7. The van der Waals surface area contributed by atoms with Gasteiger partial charge in [0, 0.05) is 0 Å². The van der Waals surface area contributed by atoms with Gasteiger partial charge >= 0.3 is 0 Å². The van der Waals surface area contributed by atoms with Crippen molar-refractivity contribution < 1.29 is 9.47 Å². The van der Waals surface area contributed by atoms with Gasteiger partial charge in [-0.3, -0.25) is 0 Å². The molecule has 2 heterocycles. The summed E-state index contributed by atoms with van der Waals surface area (Å²) in [6.07, 6.45) is 3.47. The van der Waals surface area contributed by atoms with Crippen LogP contribution >= 0.6 is 0 Å². The molecule has 3 rings (SSSR count). The third-order valence-electron chi connectivity index (χ3n) is 3.12. The molecule has 0 saturated carbocycles. The first-order chi connectivity index (χ1) is 8.92. The van der Waals surface area contributed by atoms with Crippen LogP contribution in [0.5, 0.6) is 11.5 Å². The van der Waals surface area contributed by atoms with Crippen LogP contribution in [0.25, 0.3) is 0 Å². The lowest BCUT2D eigenvalue weighted by Crippen LogP contribution is -2.33. The number of aryl methyl sites for hydroxylation is 1. The SMILES string of the molecule is c1cc2c(cc1CCCC1NNNN1)OCCO2. The van der Waals surface area contributed by atoms with Crippen LogP contribution in [0.2, 0.25) is 0 Å². The number of hydrogen-bond acceptors (Lipinski definition) is 6. The van der Waals surface area contributed by atoms with E-state index in [4.69, 9.17) is 9.47 Å². The number of benzene rings is 1. The summed E-state index contributed by atoms with van der Waals surface area (Å²) in [5, 5.41) is 0. The minimum absolute atomic E-state index is 0.280. The minimum atomic E-state index is 0.280. The summed E-state index contributed by atoms with van der Waals surface area (Å²) in [6.45, 7) is 1.29. The van der Waals surface area contributed by atoms with Gasteiger partial charge in [0.2, 0.25) is 0 Å². The van der Waals surface area contributed by atoms with Crippen molar-refractivity contribution in [2.75, 3.05) is 13.2 Å². The molecule has 0 bridgehead atoms. The van der Waals surface area contributed by atoms with E-state index in [1.54, 1.807) is 0 Å². The summed E-state index contributed by atoms with van der Waals surface area (Å²) in [5.74, 6) is 1.73. The van der Waals surface area contributed by atoms with E-state index in [9.17, 15) is 0 Å². The zero-order valence-electron chi connectivity index (χ0n) is 10.2. The highest BCUT2D eigenvalue weighted by Gasteiger charge is 2.13. The molecule has 0 aromatic heterocycles. The van der Waals surface area contributed by atoms with E-state index >= 15 is 0 Å². The van der Waals surface area contributed by atoms with Crippen LogP contribution in [0, 0.1) is 0 Å². The molecule has 4 N–H and O–H groups in total. The summed E-state index contributed by atoms with van der Waals surface area (Å²) in [5.41, 5.74) is 13.1. The van der Waals surface area contributed by atoms with Gasteiger partial charge < -0.3 is 9.47 Å². The van der Waals surface area contributed by atoms with Crippen molar-refractivity contribution in [1.82, 2.24) is 21.9 Å². The minimum Gasteiger partial charge on any atom is -0.486 e. The second kappa shape index (κ2) is 5.53. The Hall–Kier alpha value is -1.34. The van der Waals surface area contributed by atoms with E-state index in [1.807, 2.05) is 6.07 Å². The maximum atomic E-state index is 5.57. The zero-order valence-corrected chi connectivity index (χ0v) is 10.2. The van der Waals surface area contributed by atoms with Crippen LogP contribution in [-0.4, -0.2) is 19.4 Å². The Kier molecular flexibility index (Phi) is 3.61. The van der Waals surface area contributed by atoms with Crippen LogP contribution in [0.4, 0.5) is 0 Å². The van der Waals surface area contributed by atoms with Crippen LogP contribution in [0.1, 0.15) is 18.4 Å². The van der Waals surface area contributed by atoms with Gasteiger partial charge in [0.05, 0.1) is 6.17 Å². The second-order valence-corrected chi connectivity index (χ2v) is 4.46. The van der Waals surface area contributed by atoms with Gasteiger partial charge in [0.25, 0.3) is 0 Å². The molecule has 1 saturated heterocycles. The molecular weight excluding hydrogens is 232 g/mol. The molecule has 1 fully saturated rings. The van der Waals surface area contributed by atoms with E-state index in [0.717, 1.165) is 30.8 Å². The normalized spacial score (nSPS) is 19.1. The van der Waals surface area contributed by atoms with Gasteiger partial charge in [-0.25, -0.2) is 10.9 Å². The average molecular weight is 250 g/mol. The number of hydrogen-bond donors (Lipinski definition) is 4. The van der Waals surface area contributed by atoms with Crippen molar-refractivity contribution in [3.05, 3.63) is 23.8 Å². The molecular formula is C12H18N4O2. The lowest BCUT2D eigenvalue weighted by Gasteiger charge is -2.19. The van der Waals surface area contributed by atoms with Crippen LogP contribution < -0.4 is 31.4 Å². The predicted molar refractivity (Wildman–Crippen MR) is 66.7 cm³/mol. The number of nitrogens with one attached hydrogen (secondary N) is 4. The Morgan fingerprint density at radius 1 is 1.06 bits per heavy atom. The largest absolute Gasteiger partial charge is 0.486 e. The molecule has 6 nitrogen and oxygen atoms in total. The number of fused-ring (bicyclic) bond motifs is 1. The molecule has 2 aliphatic rings. The molecule has 6 heteroatoms. The summed E-state index contributed by atoms with van der Waals surface area (Å²) >= 11 is 0. The maximum Gasteiger partial charge on any atom is 0.161 e. The van der Waals surface area contributed by atoms with Gasteiger partial charge in [0.15, 0.2) is 11.5 Å². The highest BCUT2D eigenvalue weighted by atomic mass is 16.6. The third-order valence-corrected chi connectivity index (χ3v) is 3.12. The quantitative estimate of drug-likeness (QED) is 0.613. The average Bonchev–Trinajstić information content (AvgIpc) is 2.92. The van der Waals surface area contributed by atoms with E-state index in [-0.39, 0.29) is 6.17 Å². The zero-order chi connectivity index (χ0) is 12.2. The van der Waals surface area contributed by atoms with Gasteiger partial charge in [-0.2, -0.15) is 11.1 Å². The third kappa shape index (κ3) is 2.73. The molecule has 0 aliphatic carbocycles. The molecule has 0 unspecified atom stereocenters. The van der Waals surface area contributed by atoms with Gasteiger partial charge in [-0.05, 0) is 37.0 Å². The predicted octanol–water partition coefficient (Wildman–Crippen LogP) is 0.224. The Bertz CT molecular complexity index is 407. The van der Waals surface area contributed by atoms with Crippen molar-refractivity contribution >= 4 is 0 Å². The highest BCUT2D eigenvalue weighted by Crippen LogP contribution is 2.31. The van der Waals surface area contributed by atoms with Crippen LogP contribution in [0.15, 0.2) is 18.2 Å². The fraction of sp³-hybridized carbons (Fsp3) is 0.500. The van der Waals surface area contributed by atoms with Crippen LogP contribution in [-0.2, 0) is 6.42 Å². The Labute approximate surface area is 106 Å². The van der Waals surface area contributed by atoms with Crippen LogP contribution in [0.3, 0.4) is 0 Å². The highest BCUT2D eigenvalue weighted by molar-refractivity contribution is 5.43. The molecule has 0 radical (unpaired) electrons. The lowest BCUT2D eigenvalue weighted by atomic mass is 10.1. The fourth-order valence-electron chi connectivity index (χ4n) is 2.18. The Morgan fingerprint density at radius 3 is 2.67 bits per heavy atom. The summed E-state index contributed by atoms with van der Waals surface area (Å²) < 4.78 is 11.1. The standard InChI is InChI=1S/C12H18N4O2/c1(3-12-13-15-16-14-12)2-9-4-5-10-11(8-9)18-7-6-17-10/h4-5,8,12-16H,1-3,6-7H2. The molecule has 1 aromatic rings. The fourth-order valence-corrected chi connectivity index (χ4v) is 2.18. The van der Waals surface area contributed by atoms with Gasteiger partial charge in [-0.15, -0.1) is 0 Å². The molecule has 0 amide bonds. The second-order valence-electron chi connectivity index (χ2n) is 4.46. The van der Waals surface area contributed by atoms with Crippen molar-refractivity contribution in [1.29, 1.82) is 0 Å².